The van der Waals surface area contributed by atoms with Gasteiger partial charge < -0.3 is 10.3 Å². The molecule has 10 heteroatoms. The number of amides is 1. The number of nitrogens with one attached hydrogen (secondary N) is 2. The number of H-pyrrole nitrogens is 1. The molecule has 162 valence electrons. The Morgan fingerprint density at radius 3 is 2.71 bits per heavy atom. The fourth-order valence-electron chi connectivity index (χ4n) is 3.47. The molecule has 1 amide bonds. The van der Waals surface area contributed by atoms with Gasteiger partial charge in [0.1, 0.15) is 10.0 Å². The minimum absolute atomic E-state index is 0.0734. The third-order valence-corrected chi connectivity index (χ3v) is 8.37. The standard InChI is InChI=1S/C21H22N4O4S2/c1-14-11-18(26)24-21(22-14)15-5-4-6-16(12-15)23-19(27)13-17-7-8-20(30-17)31(28,29)25-9-2-3-10-25/h4-8,11-12H,2-3,9-10,13H2,1H3,(H,23,27)(H,22,24,26). The Morgan fingerprint density at radius 2 is 1.97 bits per heavy atom. The monoisotopic (exact) mass is 458 g/mol. The van der Waals surface area contributed by atoms with E-state index >= 15 is 0 Å². The molecule has 31 heavy (non-hydrogen) atoms. The molecular formula is C21H22N4O4S2. The molecule has 0 radical (unpaired) electrons. The molecule has 0 saturated carbocycles. The van der Waals surface area contributed by atoms with E-state index in [-0.39, 0.29) is 22.1 Å². The van der Waals surface area contributed by atoms with E-state index in [9.17, 15) is 18.0 Å². The average molecular weight is 459 g/mol. The Balaban J connectivity index is 1.45. The van der Waals surface area contributed by atoms with E-state index in [1.54, 1.807) is 43.3 Å². The number of carbonyl (C=O) groups is 1. The van der Waals surface area contributed by atoms with Gasteiger partial charge in [-0.25, -0.2) is 13.4 Å². The van der Waals surface area contributed by atoms with Gasteiger partial charge in [0.25, 0.3) is 15.6 Å². The zero-order valence-electron chi connectivity index (χ0n) is 16.9. The summed E-state index contributed by atoms with van der Waals surface area (Å²) in [4.78, 5) is 31.9. The first-order valence-corrected chi connectivity index (χ1v) is 12.1. The maximum Gasteiger partial charge on any atom is 0.252 e. The molecule has 1 aromatic carbocycles. The second-order valence-electron chi connectivity index (χ2n) is 7.37. The normalized spacial score (nSPS) is 14.6. The summed E-state index contributed by atoms with van der Waals surface area (Å²) in [5, 5.41) is 2.82. The second-order valence-corrected chi connectivity index (χ2v) is 10.7. The Labute approximate surface area is 184 Å². The minimum Gasteiger partial charge on any atom is -0.326 e. The van der Waals surface area contributed by atoms with E-state index in [1.807, 2.05) is 0 Å². The van der Waals surface area contributed by atoms with Crippen LogP contribution in [-0.4, -0.2) is 41.7 Å². The van der Waals surface area contributed by atoms with Gasteiger partial charge in [0.15, 0.2) is 0 Å². The van der Waals surface area contributed by atoms with Gasteiger partial charge in [-0.05, 0) is 44.0 Å². The number of anilines is 1. The van der Waals surface area contributed by atoms with Crippen LogP contribution in [0.5, 0.6) is 0 Å². The summed E-state index contributed by atoms with van der Waals surface area (Å²) >= 11 is 1.13. The number of hydrogen-bond acceptors (Lipinski definition) is 6. The van der Waals surface area contributed by atoms with Crippen LogP contribution in [0.4, 0.5) is 5.69 Å². The molecule has 3 heterocycles. The van der Waals surface area contributed by atoms with Crippen LogP contribution in [0.2, 0.25) is 0 Å². The Morgan fingerprint density at radius 1 is 1.19 bits per heavy atom. The number of thiophene rings is 1. The summed E-state index contributed by atoms with van der Waals surface area (Å²) in [5.41, 5.74) is 1.60. The maximum absolute atomic E-state index is 12.6. The molecule has 8 nitrogen and oxygen atoms in total. The third-order valence-electron chi connectivity index (χ3n) is 4.92. The van der Waals surface area contributed by atoms with E-state index < -0.39 is 10.0 Å². The number of hydrogen-bond donors (Lipinski definition) is 2. The number of nitrogens with zero attached hydrogens (tertiary/aromatic N) is 2. The molecule has 0 bridgehead atoms. The van der Waals surface area contributed by atoms with Gasteiger partial charge in [0.2, 0.25) is 5.91 Å². The third kappa shape index (κ3) is 4.92. The van der Waals surface area contributed by atoms with E-state index in [4.69, 9.17) is 0 Å². The van der Waals surface area contributed by atoms with Crippen LogP contribution in [0.3, 0.4) is 0 Å². The zero-order chi connectivity index (χ0) is 22.0. The number of aromatic nitrogens is 2. The smallest absolute Gasteiger partial charge is 0.252 e. The molecule has 0 aliphatic carbocycles. The van der Waals surface area contributed by atoms with Crippen LogP contribution in [0.15, 0.2) is 51.5 Å². The van der Waals surface area contributed by atoms with Crippen molar-refractivity contribution < 1.29 is 13.2 Å². The van der Waals surface area contributed by atoms with Gasteiger partial charge >= 0.3 is 0 Å². The molecule has 1 aliphatic heterocycles. The van der Waals surface area contributed by atoms with E-state index in [0.29, 0.717) is 40.7 Å². The molecule has 0 spiro atoms. The predicted octanol–water partition coefficient (Wildman–Crippen LogP) is 2.77. The molecule has 1 aliphatic rings. The van der Waals surface area contributed by atoms with Crippen molar-refractivity contribution in [1.29, 1.82) is 0 Å². The molecular weight excluding hydrogens is 436 g/mol. The van der Waals surface area contributed by atoms with Gasteiger partial charge in [0, 0.05) is 41.0 Å². The summed E-state index contributed by atoms with van der Waals surface area (Å²) in [6.07, 6.45) is 1.83. The fraction of sp³-hybridized carbons (Fsp3) is 0.286. The number of rotatable bonds is 6. The molecule has 1 fully saturated rings. The molecule has 0 unspecified atom stereocenters. The lowest BCUT2D eigenvalue weighted by Crippen LogP contribution is -2.27. The van der Waals surface area contributed by atoms with Crippen molar-refractivity contribution >= 4 is 33.0 Å². The van der Waals surface area contributed by atoms with Crippen molar-refractivity contribution in [2.45, 2.75) is 30.4 Å². The van der Waals surface area contributed by atoms with Crippen LogP contribution in [0.1, 0.15) is 23.4 Å². The van der Waals surface area contributed by atoms with Gasteiger partial charge in [0.05, 0.1) is 6.42 Å². The van der Waals surface area contributed by atoms with Crippen molar-refractivity contribution in [2.24, 2.45) is 0 Å². The lowest BCUT2D eigenvalue weighted by Gasteiger charge is -2.13. The second kappa shape index (κ2) is 8.74. The average Bonchev–Trinajstić information content (AvgIpc) is 3.40. The van der Waals surface area contributed by atoms with Crippen LogP contribution >= 0.6 is 11.3 Å². The van der Waals surface area contributed by atoms with E-state index in [2.05, 4.69) is 15.3 Å². The van der Waals surface area contributed by atoms with Gasteiger partial charge in [-0.1, -0.05) is 12.1 Å². The van der Waals surface area contributed by atoms with Crippen molar-refractivity contribution in [3.8, 4) is 11.4 Å². The van der Waals surface area contributed by atoms with Crippen molar-refractivity contribution in [2.75, 3.05) is 18.4 Å². The summed E-state index contributed by atoms with van der Waals surface area (Å²) in [6.45, 7) is 2.84. The quantitative estimate of drug-likeness (QED) is 0.590. The number of aryl methyl sites for hydroxylation is 1. The van der Waals surface area contributed by atoms with Crippen LogP contribution in [-0.2, 0) is 21.2 Å². The van der Waals surface area contributed by atoms with Crippen LogP contribution in [0, 0.1) is 6.92 Å². The molecule has 3 aromatic rings. The zero-order valence-corrected chi connectivity index (χ0v) is 18.6. The first kappa shape index (κ1) is 21.4. The summed E-state index contributed by atoms with van der Waals surface area (Å²) in [7, 11) is -3.47. The lowest BCUT2D eigenvalue weighted by molar-refractivity contribution is -0.115. The highest BCUT2D eigenvalue weighted by atomic mass is 32.2. The topological polar surface area (TPSA) is 112 Å². The summed E-state index contributed by atoms with van der Waals surface area (Å²) < 4.78 is 27.1. The molecule has 4 rings (SSSR count). The van der Waals surface area contributed by atoms with Crippen LogP contribution < -0.4 is 10.9 Å². The number of benzene rings is 1. The highest BCUT2D eigenvalue weighted by molar-refractivity contribution is 7.91. The van der Waals surface area contributed by atoms with Crippen LogP contribution in [0.25, 0.3) is 11.4 Å². The Hall–Kier alpha value is -2.82. The first-order chi connectivity index (χ1) is 14.8. The molecule has 1 saturated heterocycles. The Kier molecular flexibility index (Phi) is 6.03. The summed E-state index contributed by atoms with van der Waals surface area (Å²) in [5.74, 6) is 0.172. The van der Waals surface area contributed by atoms with E-state index in [1.165, 1.54) is 10.4 Å². The fourth-order valence-corrected chi connectivity index (χ4v) is 6.50. The number of sulfonamides is 1. The predicted molar refractivity (Wildman–Crippen MR) is 120 cm³/mol. The lowest BCUT2D eigenvalue weighted by atomic mass is 10.2. The molecule has 0 atom stereocenters. The van der Waals surface area contributed by atoms with Gasteiger partial charge in [-0.3, -0.25) is 9.59 Å². The molecule has 2 N–H and O–H groups in total. The van der Waals surface area contributed by atoms with Crippen molar-refractivity contribution in [1.82, 2.24) is 14.3 Å². The van der Waals surface area contributed by atoms with Crippen molar-refractivity contribution in [3.63, 3.8) is 0 Å². The Bertz CT molecular complexity index is 1270. The van der Waals surface area contributed by atoms with Crippen molar-refractivity contribution in [3.05, 3.63) is 63.4 Å². The highest BCUT2D eigenvalue weighted by Gasteiger charge is 2.28. The number of carbonyl (C=O) groups excluding carboxylic acids is 1. The minimum atomic E-state index is -3.47. The molecule has 2 aromatic heterocycles. The first-order valence-electron chi connectivity index (χ1n) is 9.88. The summed E-state index contributed by atoms with van der Waals surface area (Å²) in [6, 6.07) is 11.7. The SMILES string of the molecule is Cc1cc(=O)[nH]c(-c2cccc(NC(=O)Cc3ccc(S(=O)(=O)N4CCCC4)s3)c2)n1. The van der Waals surface area contributed by atoms with E-state index in [0.717, 1.165) is 24.2 Å². The maximum atomic E-state index is 12.6. The van der Waals surface area contributed by atoms with Gasteiger partial charge in [-0.2, -0.15) is 4.31 Å². The largest absolute Gasteiger partial charge is 0.326 e. The highest BCUT2D eigenvalue weighted by Crippen LogP contribution is 2.28. The van der Waals surface area contributed by atoms with Gasteiger partial charge in [-0.15, -0.1) is 11.3 Å². The number of aromatic amines is 1.